The monoisotopic (exact) mass is 184 g/mol. The molecule has 0 radical (unpaired) electrons. The molecule has 1 rings (SSSR count). The zero-order valence-electron chi connectivity index (χ0n) is 7.37. The molecule has 72 valence electrons. The number of aliphatic hydroxyl groups excluding tert-OH is 1. The van der Waals surface area contributed by atoms with E-state index in [-0.39, 0.29) is 18.0 Å². The van der Waals surface area contributed by atoms with E-state index >= 15 is 0 Å². The minimum atomic E-state index is -1.08. The summed E-state index contributed by atoms with van der Waals surface area (Å²) in [7, 11) is 0. The molecule has 13 heavy (non-hydrogen) atoms. The maximum atomic E-state index is 10.6. The summed E-state index contributed by atoms with van der Waals surface area (Å²) in [5.41, 5.74) is 0.196. The number of aliphatic hydroxyl groups is 1. The van der Waals surface area contributed by atoms with Gasteiger partial charge in [-0.1, -0.05) is 6.92 Å². The lowest BCUT2D eigenvalue weighted by atomic mass is 10.3. The van der Waals surface area contributed by atoms with E-state index in [2.05, 4.69) is 9.97 Å². The number of carboxylic acid groups (broad SMARTS) is 1. The van der Waals surface area contributed by atoms with Gasteiger partial charge in [-0.05, 0) is 6.42 Å². The Morgan fingerprint density at radius 2 is 2.31 bits per heavy atom. The third-order valence-electron chi connectivity index (χ3n) is 1.68. The van der Waals surface area contributed by atoms with Gasteiger partial charge in [0, 0.05) is 6.42 Å². The molecule has 0 saturated carbocycles. The molecular weight excluding hydrogens is 172 g/mol. The van der Waals surface area contributed by atoms with Crippen molar-refractivity contribution >= 4 is 5.97 Å². The van der Waals surface area contributed by atoms with Gasteiger partial charge < -0.3 is 15.2 Å². The number of hydrogen-bond donors (Lipinski definition) is 3. The van der Waals surface area contributed by atoms with Gasteiger partial charge in [-0.2, -0.15) is 0 Å². The van der Waals surface area contributed by atoms with Gasteiger partial charge in [-0.3, -0.25) is 0 Å². The number of H-pyrrole nitrogens is 1. The minimum Gasteiger partial charge on any atom is -0.477 e. The first-order chi connectivity index (χ1) is 6.19. The molecule has 5 nitrogen and oxygen atoms in total. The number of hydrogen-bond acceptors (Lipinski definition) is 3. The zero-order chi connectivity index (χ0) is 9.84. The molecule has 0 spiro atoms. The summed E-state index contributed by atoms with van der Waals surface area (Å²) in [5.74, 6) is -0.470. The van der Waals surface area contributed by atoms with Gasteiger partial charge in [0.25, 0.3) is 0 Å². The average molecular weight is 184 g/mol. The summed E-state index contributed by atoms with van der Waals surface area (Å²) < 4.78 is 0. The number of carboxylic acids is 1. The standard InChI is InChI=1S/C8H12N2O3/c1-2-3-6-9-5(4-11)7(10-6)8(12)13/h11H,2-4H2,1H3,(H,9,10)(H,12,13). The lowest BCUT2D eigenvalue weighted by Crippen LogP contribution is -2.01. The van der Waals surface area contributed by atoms with Crippen LogP contribution in [0.2, 0.25) is 0 Å². The van der Waals surface area contributed by atoms with Gasteiger partial charge >= 0.3 is 5.97 Å². The third kappa shape index (κ3) is 2.06. The Bertz CT molecular complexity index is 306. The van der Waals surface area contributed by atoms with Crippen molar-refractivity contribution in [3.8, 4) is 0 Å². The van der Waals surface area contributed by atoms with Crippen molar-refractivity contribution in [2.24, 2.45) is 0 Å². The van der Waals surface area contributed by atoms with E-state index in [1.165, 1.54) is 0 Å². The van der Waals surface area contributed by atoms with Crippen LogP contribution in [0.15, 0.2) is 0 Å². The van der Waals surface area contributed by atoms with E-state index in [0.29, 0.717) is 12.2 Å². The van der Waals surface area contributed by atoms with Gasteiger partial charge in [0.1, 0.15) is 11.5 Å². The average Bonchev–Trinajstić information content (AvgIpc) is 2.48. The Hall–Kier alpha value is -1.36. The number of aryl methyl sites for hydroxylation is 1. The molecule has 0 unspecified atom stereocenters. The summed E-state index contributed by atoms with van der Waals surface area (Å²) in [6.45, 7) is 1.63. The Morgan fingerprint density at radius 3 is 2.69 bits per heavy atom. The lowest BCUT2D eigenvalue weighted by Gasteiger charge is -1.89. The molecule has 0 bridgehead atoms. The topological polar surface area (TPSA) is 86.2 Å². The van der Waals surface area contributed by atoms with Crippen LogP contribution in [0.5, 0.6) is 0 Å². The van der Waals surface area contributed by atoms with E-state index in [9.17, 15) is 4.79 Å². The summed E-state index contributed by atoms with van der Waals surface area (Å²) in [6.07, 6.45) is 1.58. The molecule has 5 heteroatoms. The van der Waals surface area contributed by atoms with Gasteiger partial charge in [0.2, 0.25) is 0 Å². The van der Waals surface area contributed by atoms with Crippen molar-refractivity contribution in [3.05, 3.63) is 17.2 Å². The van der Waals surface area contributed by atoms with E-state index in [4.69, 9.17) is 10.2 Å². The molecule has 0 atom stereocenters. The Morgan fingerprint density at radius 1 is 1.62 bits per heavy atom. The van der Waals surface area contributed by atoms with Crippen LogP contribution in [0.4, 0.5) is 0 Å². The number of aromatic carboxylic acids is 1. The van der Waals surface area contributed by atoms with Crippen LogP contribution in [0.1, 0.15) is 35.4 Å². The number of nitrogens with zero attached hydrogens (tertiary/aromatic N) is 1. The highest BCUT2D eigenvalue weighted by Crippen LogP contribution is 2.07. The number of carbonyl (C=O) groups is 1. The number of aromatic amines is 1. The van der Waals surface area contributed by atoms with E-state index in [1.54, 1.807) is 0 Å². The van der Waals surface area contributed by atoms with Crippen LogP contribution < -0.4 is 0 Å². The van der Waals surface area contributed by atoms with Gasteiger partial charge in [-0.15, -0.1) is 0 Å². The summed E-state index contributed by atoms with van der Waals surface area (Å²) in [6, 6.07) is 0. The van der Waals surface area contributed by atoms with E-state index in [0.717, 1.165) is 6.42 Å². The molecule has 0 aromatic carbocycles. The fourth-order valence-electron chi connectivity index (χ4n) is 1.11. The first-order valence-electron chi connectivity index (χ1n) is 4.11. The molecule has 1 heterocycles. The van der Waals surface area contributed by atoms with E-state index < -0.39 is 5.97 Å². The van der Waals surface area contributed by atoms with Crippen molar-refractivity contribution in [1.29, 1.82) is 0 Å². The fourth-order valence-corrected chi connectivity index (χ4v) is 1.11. The van der Waals surface area contributed by atoms with Crippen molar-refractivity contribution < 1.29 is 15.0 Å². The summed E-state index contributed by atoms with van der Waals surface area (Å²) in [4.78, 5) is 17.2. The molecular formula is C8H12N2O3. The highest BCUT2D eigenvalue weighted by molar-refractivity contribution is 5.86. The van der Waals surface area contributed by atoms with Crippen LogP contribution in [-0.2, 0) is 13.0 Å². The van der Waals surface area contributed by atoms with Crippen molar-refractivity contribution in [2.75, 3.05) is 0 Å². The number of rotatable bonds is 4. The Kier molecular flexibility index (Phi) is 3.02. The smallest absolute Gasteiger partial charge is 0.354 e. The quantitative estimate of drug-likeness (QED) is 0.637. The van der Waals surface area contributed by atoms with Crippen LogP contribution in [0, 0.1) is 0 Å². The molecule has 1 aromatic rings. The van der Waals surface area contributed by atoms with Crippen LogP contribution in [-0.4, -0.2) is 26.2 Å². The predicted octanol–water partition coefficient (Wildman–Crippen LogP) is 0.553. The van der Waals surface area contributed by atoms with Gasteiger partial charge in [0.15, 0.2) is 0 Å². The maximum absolute atomic E-state index is 10.6. The van der Waals surface area contributed by atoms with Gasteiger partial charge in [-0.25, -0.2) is 9.78 Å². The number of imidazole rings is 1. The molecule has 0 aliphatic rings. The van der Waals surface area contributed by atoms with Crippen LogP contribution in [0.25, 0.3) is 0 Å². The molecule has 0 aliphatic heterocycles. The van der Waals surface area contributed by atoms with Crippen molar-refractivity contribution in [3.63, 3.8) is 0 Å². The van der Waals surface area contributed by atoms with Crippen LogP contribution >= 0.6 is 0 Å². The molecule has 3 N–H and O–H groups in total. The van der Waals surface area contributed by atoms with E-state index in [1.807, 2.05) is 6.92 Å². The minimum absolute atomic E-state index is 0.00838. The molecule has 0 amide bonds. The molecule has 0 aliphatic carbocycles. The zero-order valence-corrected chi connectivity index (χ0v) is 7.37. The summed E-state index contributed by atoms with van der Waals surface area (Å²) >= 11 is 0. The van der Waals surface area contributed by atoms with Crippen molar-refractivity contribution in [1.82, 2.24) is 9.97 Å². The second kappa shape index (κ2) is 4.04. The molecule has 1 aromatic heterocycles. The maximum Gasteiger partial charge on any atom is 0.354 e. The normalized spacial score (nSPS) is 10.3. The SMILES string of the molecule is CCCc1nc(CO)c(C(=O)O)[nH]1. The lowest BCUT2D eigenvalue weighted by molar-refractivity contribution is 0.0687. The van der Waals surface area contributed by atoms with Gasteiger partial charge in [0.05, 0.1) is 12.3 Å². The highest BCUT2D eigenvalue weighted by Gasteiger charge is 2.14. The van der Waals surface area contributed by atoms with Crippen LogP contribution in [0.3, 0.4) is 0 Å². The second-order valence-corrected chi connectivity index (χ2v) is 2.72. The highest BCUT2D eigenvalue weighted by atomic mass is 16.4. The Labute approximate surface area is 75.4 Å². The second-order valence-electron chi connectivity index (χ2n) is 2.72. The third-order valence-corrected chi connectivity index (χ3v) is 1.68. The molecule has 0 fully saturated rings. The van der Waals surface area contributed by atoms with Crippen molar-refractivity contribution in [2.45, 2.75) is 26.4 Å². The number of aromatic nitrogens is 2. The predicted molar refractivity (Wildman–Crippen MR) is 45.5 cm³/mol. The summed E-state index contributed by atoms with van der Waals surface area (Å²) in [5, 5.41) is 17.5. The number of nitrogens with one attached hydrogen (secondary N) is 1. The Balaban J connectivity index is 2.97. The fraction of sp³-hybridized carbons (Fsp3) is 0.500. The first kappa shape index (κ1) is 9.73. The largest absolute Gasteiger partial charge is 0.477 e. The molecule has 0 saturated heterocycles. The first-order valence-corrected chi connectivity index (χ1v) is 4.11.